The lowest BCUT2D eigenvalue weighted by Gasteiger charge is -2.35. The molecule has 1 fully saturated rings. The summed E-state index contributed by atoms with van der Waals surface area (Å²) in [7, 11) is 1.34. The van der Waals surface area contributed by atoms with Crippen molar-refractivity contribution in [3.05, 3.63) is 17.6 Å². The molecule has 0 aliphatic heterocycles. The Balaban J connectivity index is 2.13. The fraction of sp³-hybridized carbons (Fsp3) is 0.667. The Labute approximate surface area is 120 Å². The van der Waals surface area contributed by atoms with Crippen LogP contribution >= 0.6 is 0 Å². The van der Waals surface area contributed by atoms with Crippen LogP contribution in [0.25, 0.3) is 0 Å². The minimum atomic E-state index is -0.499. The molecule has 0 amide bonds. The second-order valence-corrected chi connectivity index (χ2v) is 6.31. The molecular formula is C15H23N3O2. The van der Waals surface area contributed by atoms with Crippen molar-refractivity contribution in [2.75, 3.05) is 12.4 Å². The highest BCUT2D eigenvalue weighted by Crippen LogP contribution is 2.36. The smallest absolute Gasteiger partial charge is 0.376 e. The molecule has 1 aliphatic rings. The van der Waals surface area contributed by atoms with Crippen LogP contribution in [0.5, 0.6) is 0 Å². The Morgan fingerprint density at radius 1 is 1.45 bits per heavy atom. The zero-order chi connectivity index (χ0) is 14.8. The molecule has 5 nitrogen and oxygen atoms in total. The molecule has 1 heterocycles. The van der Waals surface area contributed by atoms with Gasteiger partial charge in [-0.1, -0.05) is 20.3 Å². The van der Waals surface area contributed by atoms with Gasteiger partial charge in [0, 0.05) is 17.8 Å². The normalized spacial score (nSPS) is 21.3. The third-order valence-electron chi connectivity index (χ3n) is 3.78. The van der Waals surface area contributed by atoms with Gasteiger partial charge in [-0.25, -0.2) is 14.8 Å². The number of ether oxygens (including phenoxy) is 1. The largest absolute Gasteiger partial charge is 0.463 e. The van der Waals surface area contributed by atoms with E-state index in [1.54, 1.807) is 0 Å². The Kier molecular flexibility index (Phi) is 4.26. The van der Waals surface area contributed by atoms with E-state index >= 15 is 0 Å². The molecule has 1 aromatic heterocycles. The summed E-state index contributed by atoms with van der Waals surface area (Å²) in [6.07, 6.45) is 4.74. The maximum absolute atomic E-state index is 11.5. The predicted molar refractivity (Wildman–Crippen MR) is 77.8 cm³/mol. The first-order valence-electron chi connectivity index (χ1n) is 7.10. The summed E-state index contributed by atoms with van der Waals surface area (Å²) < 4.78 is 4.68. The lowest BCUT2D eigenvalue weighted by molar-refractivity contribution is 0.0586. The molecule has 0 saturated heterocycles. The van der Waals surface area contributed by atoms with E-state index in [0.717, 1.165) is 18.5 Å². The van der Waals surface area contributed by atoms with Crippen molar-refractivity contribution < 1.29 is 9.53 Å². The second-order valence-electron chi connectivity index (χ2n) is 6.31. The predicted octanol–water partition coefficient (Wildman–Crippen LogP) is 2.95. The molecule has 0 spiro atoms. The van der Waals surface area contributed by atoms with Crippen LogP contribution < -0.4 is 5.32 Å². The number of nitrogens with one attached hydrogen (secondary N) is 1. The summed E-state index contributed by atoms with van der Waals surface area (Å²) in [5, 5.41) is 3.44. The number of hydrogen-bond acceptors (Lipinski definition) is 5. The van der Waals surface area contributed by atoms with Gasteiger partial charge in [0.1, 0.15) is 5.82 Å². The van der Waals surface area contributed by atoms with Crippen molar-refractivity contribution in [2.45, 2.75) is 52.5 Å². The molecule has 0 bridgehead atoms. The first-order valence-corrected chi connectivity index (χ1v) is 7.10. The van der Waals surface area contributed by atoms with Crippen molar-refractivity contribution in [1.82, 2.24) is 9.97 Å². The number of methoxy groups -OCH3 is 1. The van der Waals surface area contributed by atoms with Crippen molar-refractivity contribution in [3.8, 4) is 0 Å². The first kappa shape index (κ1) is 14.8. The van der Waals surface area contributed by atoms with Gasteiger partial charge in [-0.2, -0.15) is 0 Å². The summed E-state index contributed by atoms with van der Waals surface area (Å²) in [6, 6.07) is 2.27. The van der Waals surface area contributed by atoms with Crippen LogP contribution in [0, 0.1) is 12.3 Å². The molecule has 110 valence electrons. The van der Waals surface area contributed by atoms with Gasteiger partial charge in [0.25, 0.3) is 0 Å². The lowest BCUT2D eigenvalue weighted by atomic mass is 9.75. The molecule has 1 aromatic rings. The van der Waals surface area contributed by atoms with Gasteiger partial charge in [0.05, 0.1) is 7.11 Å². The van der Waals surface area contributed by atoms with Gasteiger partial charge in [-0.05, 0) is 31.6 Å². The molecule has 5 heteroatoms. The van der Waals surface area contributed by atoms with E-state index in [0.29, 0.717) is 17.3 Å². The van der Waals surface area contributed by atoms with Gasteiger partial charge in [-0.15, -0.1) is 0 Å². The summed E-state index contributed by atoms with van der Waals surface area (Å²) in [6.45, 7) is 6.45. The van der Waals surface area contributed by atoms with Crippen molar-refractivity contribution in [2.24, 2.45) is 5.41 Å². The number of anilines is 1. The van der Waals surface area contributed by atoms with E-state index in [1.165, 1.54) is 20.0 Å². The third-order valence-corrected chi connectivity index (χ3v) is 3.78. The fourth-order valence-electron chi connectivity index (χ4n) is 2.86. The van der Waals surface area contributed by atoms with Gasteiger partial charge in [0.2, 0.25) is 5.82 Å². The Morgan fingerprint density at radius 2 is 2.20 bits per heavy atom. The van der Waals surface area contributed by atoms with Crippen LogP contribution in [0.2, 0.25) is 0 Å². The number of nitrogens with zero attached hydrogens (tertiary/aromatic N) is 2. The minimum absolute atomic E-state index is 0.116. The Morgan fingerprint density at radius 3 is 2.85 bits per heavy atom. The molecule has 1 N–H and O–H groups in total. The third kappa shape index (κ3) is 3.68. The molecule has 1 aliphatic carbocycles. The average molecular weight is 277 g/mol. The van der Waals surface area contributed by atoms with Crippen LogP contribution in [0.3, 0.4) is 0 Å². The highest BCUT2D eigenvalue weighted by atomic mass is 16.5. The fourth-order valence-corrected chi connectivity index (χ4v) is 2.86. The van der Waals surface area contributed by atoms with Crippen molar-refractivity contribution in [3.63, 3.8) is 0 Å². The zero-order valence-corrected chi connectivity index (χ0v) is 12.7. The average Bonchev–Trinajstić information content (AvgIpc) is 2.35. The van der Waals surface area contributed by atoms with E-state index < -0.39 is 5.97 Å². The highest BCUT2D eigenvalue weighted by Gasteiger charge is 2.28. The maximum atomic E-state index is 11.5. The monoisotopic (exact) mass is 277 g/mol. The Bertz CT molecular complexity index is 500. The van der Waals surface area contributed by atoms with Gasteiger partial charge < -0.3 is 10.1 Å². The SMILES string of the molecule is COC(=O)c1nc(C)cc(NC2CCCC(C)(C)C2)n1. The number of rotatable bonds is 3. The zero-order valence-electron chi connectivity index (χ0n) is 12.7. The van der Waals surface area contributed by atoms with E-state index in [1.807, 2.05) is 13.0 Å². The molecule has 1 unspecified atom stereocenters. The lowest BCUT2D eigenvalue weighted by Crippen LogP contribution is -2.32. The highest BCUT2D eigenvalue weighted by molar-refractivity contribution is 5.85. The second kappa shape index (κ2) is 5.77. The molecule has 0 aromatic carbocycles. The number of aryl methyl sites for hydroxylation is 1. The molecular weight excluding hydrogens is 254 g/mol. The van der Waals surface area contributed by atoms with Gasteiger partial charge in [0.15, 0.2) is 0 Å². The number of carbonyl (C=O) groups excluding carboxylic acids is 1. The van der Waals surface area contributed by atoms with Crippen LogP contribution in [-0.4, -0.2) is 29.1 Å². The van der Waals surface area contributed by atoms with Gasteiger partial charge >= 0.3 is 5.97 Å². The summed E-state index contributed by atoms with van der Waals surface area (Å²) in [5.41, 5.74) is 1.13. The maximum Gasteiger partial charge on any atom is 0.376 e. The number of aromatic nitrogens is 2. The van der Waals surface area contributed by atoms with Crippen molar-refractivity contribution in [1.29, 1.82) is 0 Å². The number of esters is 1. The van der Waals surface area contributed by atoms with Gasteiger partial charge in [-0.3, -0.25) is 0 Å². The van der Waals surface area contributed by atoms with Crippen LogP contribution in [0.1, 0.15) is 55.8 Å². The minimum Gasteiger partial charge on any atom is -0.463 e. The van der Waals surface area contributed by atoms with E-state index in [9.17, 15) is 4.79 Å². The van der Waals surface area contributed by atoms with E-state index in [2.05, 4.69) is 33.9 Å². The quantitative estimate of drug-likeness (QED) is 0.861. The molecule has 1 atom stereocenters. The topological polar surface area (TPSA) is 64.1 Å². The molecule has 20 heavy (non-hydrogen) atoms. The first-order chi connectivity index (χ1) is 9.39. The molecule has 2 rings (SSSR count). The van der Waals surface area contributed by atoms with Crippen molar-refractivity contribution >= 4 is 11.8 Å². The van der Waals surface area contributed by atoms with Crippen LogP contribution in [-0.2, 0) is 4.74 Å². The number of carbonyl (C=O) groups is 1. The molecule has 1 saturated carbocycles. The van der Waals surface area contributed by atoms with Crippen LogP contribution in [0.4, 0.5) is 5.82 Å². The van der Waals surface area contributed by atoms with E-state index in [4.69, 9.17) is 0 Å². The standard InChI is InChI=1S/C15H23N3O2/c1-10-8-12(18-13(16-10)14(19)20-4)17-11-6-5-7-15(2,3)9-11/h8,11H,5-7,9H2,1-4H3,(H,16,17,18). The van der Waals surface area contributed by atoms with Crippen LogP contribution in [0.15, 0.2) is 6.07 Å². The summed E-state index contributed by atoms with van der Waals surface area (Å²) in [5.74, 6) is 0.325. The molecule has 0 radical (unpaired) electrons. The van der Waals surface area contributed by atoms with E-state index in [-0.39, 0.29) is 5.82 Å². The Hall–Kier alpha value is -1.65. The summed E-state index contributed by atoms with van der Waals surface area (Å²) in [4.78, 5) is 19.9. The summed E-state index contributed by atoms with van der Waals surface area (Å²) >= 11 is 0. The number of hydrogen-bond donors (Lipinski definition) is 1.